The maximum absolute atomic E-state index is 10.9. The van der Waals surface area contributed by atoms with Crippen LogP contribution in [-0.4, -0.2) is 101 Å². The van der Waals surface area contributed by atoms with Crippen LogP contribution in [0.25, 0.3) is 11.2 Å². The molecule has 31 heavy (non-hydrogen) atoms. The van der Waals surface area contributed by atoms with Crippen LogP contribution in [0.15, 0.2) is 12.7 Å². The first-order valence-electron chi connectivity index (χ1n) is 10.0. The van der Waals surface area contributed by atoms with Crippen LogP contribution in [0.1, 0.15) is 19.1 Å². The Labute approximate surface area is 192 Å². The van der Waals surface area contributed by atoms with Crippen molar-refractivity contribution in [1.82, 2.24) is 24.4 Å². The number of aliphatic hydroxyl groups excluding tert-OH is 2. The minimum atomic E-state index is -1.16. The monoisotopic (exact) mass is 549 g/mol. The third-order valence-corrected chi connectivity index (χ3v) is 5.83. The van der Waals surface area contributed by atoms with Gasteiger partial charge in [0.1, 0.15) is 36.2 Å². The van der Waals surface area contributed by atoms with Crippen LogP contribution < -0.4 is 11.1 Å². The van der Waals surface area contributed by atoms with Crippen molar-refractivity contribution in [2.24, 2.45) is 5.73 Å². The Morgan fingerprint density at radius 3 is 2.81 bits per heavy atom. The van der Waals surface area contributed by atoms with Gasteiger partial charge in [-0.3, -0.25) is 14.3 Å². The highest BCUT2D eigenvalue weighted by atomic mass is 127. The highest BCUT2D eigenvalue weighted by Crippen LogP contribution is 2.32. The predicted molar refractivity (Wildman–Crippen MR) is 121 cm³/mol. The van der Waals surface area contributed by atoms with Gasteiger partial charge in [0.2, 0.25) is 0 Å². The Morgan fingerprint density at radius 2 is 2.13 bits per heavy atom. The molecule has 0 aromatic carbocycles. The SMILES string of the molecule is CNc1ncnc2c1ncn2[C@H]1O[C@@H](CN(CCI)CCC[C@H](N)C(=O)O)[C@H](O)[C@@H]1O. The maximum Gasteiger partial charge on any atom is 0.320 e. The van der Waals surface area contributed by atoms with Gasteiger partial charge in [0, 0.05) is 24.6 Å². The molecule has 2 aromatic rings. The molecule has 0 aliphatic carbocycles. The summed E-state index contributed by atoms with van der Waals surface area (Å²) in [5.74, 6) is -0.458. The van der Waals surface area contributed by atoms with Crippen molar-refractivity contribution in [2.75, 3.05) is 36.4 Å². The second-order valence-corrected chi connectivity index (χ2v) is 8.50. The Balaban J connectivity index is 1.68. The van der Waals surface area contributed by atoms with E-state index in [1.54, 1.807) is 11.6 Å². The number of alkyl halides is 1. The topological polar surface area (TPSA) is 172 Å². The van der Waals surface area contributed by atoms with Crippen LogP contribution >= 0.6 is 22.6 Å². The van der Waals surface area contributed by atoms with Crippen molar-refractivity contribution in [2.45, 2.75) is 43.4 Å². The molecule has 3 rings (SSSR count). The summed E-state index contributed by atoms with van der Waals surface area (Å²) >= 11 is 2.26. The number of imidazole rings is 1. The average molecular weight is 549 g/mol. The number of fused-ring (bicyclic) bond motifs is 1. The first kappa shape index (κ1) is 24.0. The fraction of sp³-hybridized carbons (Fsp3) is 0.667. The highest BCUT2D eigenvalue weighted by molar-refractivity contribution is 14.1. The van der Waals surface area contributed by atoms with Crippen molar-refractivity contribution < 1.29 is 24.9 Å². The average Bonchev–Trinajstić information content (AvgIpc) is 3.30. The zero-order valence-corrected chi connectivity index (χ0v) is 19.3. The number of hydrogen-bond acceptors (Lipinski definition) is 10. The number of carbonyl (C=O) groups is 1. The molecule has 1 fully saturated rings. The summed E-state index contributed by atoms with van der Waals surface area (Å²) in [4.78, 5) is 25.7. The van der Waals surface area contributed by atoms with Crippen molar-refractivity contribution in [3.05, 3.63) is 12.7 Å². The number of ether oxygens (including phenoxy) is 1. The molecule has 3 heterocycles. The number of rotatable bonds is 11. The van der Waals surface area contributed by atoms with E-state index in [0.29, 0.717) is 42.9 Å². The van der Waals surface area contributed by atoms with Crippen LogP contribution in [-0.2, 0) is 9.53 Å². The molecular weight excluding hydrogens is 521 g/mol. The summed E-state index contributed by atoms with van der Waals surface area (Å²) < 4.78 is 8.49. The number of nitrogens with one attached hydrogen (secondary N) is 1. The Hall–Kier alpha value is -1.65. The zero-order valence-electron chi connectivity index (χ0n) is 17.1. The lowest BCUT2D eigenvalue weighted by Crippen LogP contribution is -2.41. The third kappa shape index (κ3) is 5.40. The Morgan fingerprint density at radius 1 is 1.35 bits per heavy atom. The molecule has 1 aliphatic rings. The van der Waals surface area contributed by atoms with Gasteiger partial charge < -0.3 is 31.1 Å². The lowest BCUT2D eigenvalue weighted by Gasteiger charge is -2.26. The zero-order chi connectivity index (χ0) is 22.5. The summed E-state index contributed by atoms with van der Waals surface area (Å²) in [6, 6.07) is -0.889. The number of aliphatic carboxylic acids is 1. The minimum Gasteiger partial charge on any atom is -0.480 e. The van der Waals surface area contributed by atoms with E-state index >= 15 is 0 Å². The van der Waals surface area contributed by atoms with E-state index in [0.717, 1.165) is 11.0 Å². The second kappa shape index (κ2) is 10.8. The molecule has 1 aliphatic heterocycles. The molecule has 5 atom stereocenters. The number of carboxylic acid groups (broad SMARTS) is 1. The van der Waals surface area contributed by atoms with E-state index in [1.165, 1.54) is 12.7 Å². The molecule has 2 aromatic heterocycles. The lowest BCUT2D eigenvalue weighted by atomic mass is 10.1. The van der Waals surface area contributed by atoms with E-state index < -0.39 is 36.6 Å². The van der Waals surface area contributed by atoms with Crippen LogP contribution in [0.5, 0.6) is 0 Å². The normalized spacial score (nSPS) is 24.7. The molecule has 172 valence electrons. The fourth-order valence-corrected chi connectivity index (χ4v) is 4.34. The largest absolute Gasteiger partial charge is 0.480 e. The molecule has 13 heteroatoms. The van der Waals surface area contributed by atoms with Gasteiger partial charge in [0.15, 0.2) is 17.7 Å². The molecule has 0 saturated carbocycles. The number of aromatic nitrogens is 4. The van der Waals surface area contributed by atoms with Gasteiger partial charge in [-0.05, 0) is 19.4 Å². The molecule has 0 amide bonds. The smallest absolute Gasteiger partial charge is 0.320 e. The Kier molecular flexibility index (Phi) is 8.35. The van der Waals surface area contributed by atoms with Gasteiger partial charge in [0.25, 0.3) is 0 Å². The van der Waals surface area contributed by atoms with Gasteiger partial charge in [-0.15, -0.1) is 0 Å². The van der Waals surface area contributed by atoms with E-state index in [-0.39, 0.29) is 0 Å². The van der Waals surface area contributed by atoms with Gasteiger partial charge >= 0.3 is 5.97 Å². The van der Waals surface area contributed by atoms with E-state index in [2.05, 4.69) is 47.8 Å². The number of aliphatic hydroxyl groups is 2. The minimum absolute atomic E-state index is 0.362. The number of nitrogens with two attached hydrogens (primary N) is 1. The molecule has 0 bridgehead atoms. The van der Waals surface area contributed by atoms with E-state index in [1.807, 2.05) is 0 Å². The number of hydrogen-bond donors (Lipinski definition) is 5. The maximum atomic E-state index is 10.9. The summed E-state index contributed by atoms with van der Waals surface area (Å²) in [6.45, 7) is 1.75. The quantitative estimate of drug-likeness (QED) is 0.179. The van der Waals surface area contributed by atoms with Crippen LogP contribution in [0, 0.1) is 0 Å². The Bertz CT molecular complexity index is 884. The number of anilines is 1. The number of halogens is 1. The number of nitrogens with zero attached hydrogens (tertiary/aromatic N) is 5. The first-order valence-corrected chi connectivity index (χ1v) is 11.5. The summed E-state index contributed by atoms with van der Waals surface area (Å²) in [5.41, 5.74) is 6.61. The van der Waals surface area contributed by atoms with Crippen molar-refractivity contribution in [1.29, 1.82) is 0 Å². The summed E-state index contributed by atoms with van der Waals surface area (Å²) in [6.07, 6.45) is 0.161. The molecule has 0 radical (unpaired) electrons. The van der Waals surface area contributed by atoms with Crippen molar-refractivity contribution in [3.8, 4) is 0 Å². The van der Waals surface area contributed by atoms with E-state index in [4.69, 9.17) is 15.6 Å². The standard InChI is InChI=1S/C18H28IN7O5/c1-21-15-12-16(23-8-22-15)26(9-24-12)17-14(28)13(27)11(31-17)7-25(6-4-19)5-2-3-10(20)18(29)30/h8-11,13-14,17,27-28H,2-7,20H2,1H3,(H,29,30)(H,21,22,23)/t10-,11-,13-,14-,17-/m0/s1. The predicted octanol–water partition coefficient (Wildman–Crippen LogP) is -0.584. The van der Waals surface area contributed by atoms with Crippen LogP contribution in [0.3, 0.4) is 0 Å². The first-order chi connectivity index (χ1) is 14.9. The molecule has 6 N–H and O–H groups in total. The molecule has 0 unspecified atom stereocenters. The summed E-state index contributed by atoms with van der Waals surface area (Å²) in [5, 5.41) is 33.2. The third-order valence-electron chi connectivity index (χ3n) is 5.35. The number of carboxylic acids is 1. The highest BCUT2D eigenvalue weighted by Gasteiger charge is 2.44. The van der Waals surface area contributed by atoms with Gasteiger partial charge in [-0.1, -0.05) is 22.6 Å². The van der Waals surface area contributed by atoms with E-state index in [9.17, 15) is 15.0 Å². The fourth-order valence-electron chi connectivity index (χ4n) is 3.66. The molecule has 1 saturated heterocycles. The van der Waals surface area contributed by atoms with Gasteiger partial charge in [-0.2, -0.15) is 0 Å². The van der Waals surface area contributed by atoms with Crippen LogP contribution in [0.2, 0.25) is 0 Å². The molecule has 0 spiro atoms. The molecule has 12 nitrogen and oxygen atoms in total. The second-order valence-electron chi connectivity index (χ2n) is 7.42. The molecular formula is C18H28IN7O5. The summed E-state index contributed by atoms with van der Waals surface area (Å²) in [7, 11) is 1.73. The van der Waals surface area contributed by atoms with Crippen molar-refractivity contribution >= 4 is 45.5 Å². The van der Waals surface area contributed by atoms with Gasteiger partial charge in [0.05, 0.1) is 6.33 Å². The van der Waals surface area contributed by atoms with Crippen LogP contribution in [0.4, 0.5) is 5.82 Å². The van der Waals surface area contributed by atoms with Crippen molar-refractivity contribution in [3.63, 3.8) is 0 Å². The lowest BCUT2D eigenvalue weighted by molar-refractivity contribution is -0.138. The van der Waals surface area contributed by atoms with Gasteiger partial charge in [-0.25, -0.2) is 15.0 Å².